The predicted molar refractivity (Wildman–Crippen MR) is 104 cm³/mol. The lowest BCUT2D eigenvalue weighted by molar-refractivity contribution is -0.222. The highest BCUT2D eigenvalue weighted by molar-refractivity contribution is 6.15. The summed E-state index contributed by atoms with van der Waals surface area (Å²) in [4.78, 5) is 50.4. The molecule has 0 saturated carbocycles. The number of esters is 3. The number of hydrogen-bond acceptors (Lipinski definition) is 8. The van der Waals surface area contributed by atoms with Gasteiger partial charge in [0, 0.05) is 39.6 Å². The van der Waals surface area contributed by atoms with Crippen LogP contribution in [0.15, 0.2) is 42.1 Å². The largest absolute Gasteiger partial charge is 0.465 e. The van der Waals surface area contributed by atoms with Gasteiger partial charge in [-0.05, 0) is 5.56 Å². The van der Waals surface area contributed by atoms with Gasteiger partial charge >= 0.3 is 17.9 Å². The summed E-state index contributed by atoms with van der Waals surface area (Å²) in [7, 11) is 0. The summed E-state index contributed by atoms with van der Waals surface area (Å²) in [5.41, 5.74) is 0.704. The van der Waals surface area contributed by atoms with Gasteiger partial charge in [-0.3, -0.25) is 9.59 Å². The first-order valence-corrected chi connectivity index (χ1v) is 9.67. The van der Waals surface area contributed by atoms with Crippen molar-refractivity contribution in [1.29, 1.82) is 0 Å². The van der Waals surface area contributed by atoms with Crippen LogP contribution < -0.4 is 5.32 Å². The summed E-state index contributed by atoms with van der Waals surface area (Å²) in [6.07, 6.45) is 1.56. The summed E-state index contributed by atoms with van der Waals surface area (Å²) >= 11 is 0. The first kappa shape index (κ1) is 21.4. The number of cyclic esters (lactones) is 2. The molecular formula is C21H24N2O7. The second-order valence-electron chi connectivity index (χ2n) is 7.43. The molecule has 160 valence electrons. The van der Waals surface area contributed by atoms with Gasteiger partial charge in [0.05, 0.1) is 13.0 Å². The van der Waals surface area contributed by atoms with Crippen molar-refractivity contribution in [3.63, 3.8) is 0 Å². The highest BCUT2D eigenvalue weighted by Gasteiger charge is 2.40. The van der Waals surface area contributed by atoms with Crippen LogP contribution in [-0.4, -0.2) is 60.2 Å². The topological polar surface area (TPSA) is 111 Å². The van der Waals surface area contributed by atoms with E-state index in [4.69, 9.17) is 14.2 Å². The zero-order valence-electron chi connectivity index (χ0n) is 16.9. The Morgan fingerprint density at radius 3 is 2.53 bits per heavy atom. The summed E-state index contributed by atoms with van der Waals surface area (Å²) in [5.74, 6) is -3.98. The van der Waals surface area contributed by atoms with Gasteiger partial charge in [0.1, 0.15) is 6.04 Å². The first-order valence-electron chi connectivity index (χ1n) is 9.67. The maximum absolute atomic E-state index is 12.3. The van der Waals surface area contributed by atoms with Gasteiger partial charge in [-0.15, -0.1) is 0 Å². The van der Waals surface area contributed by atoms with Crippen molar-refractivity contribution >= 4 is 23.8 Å². The van der Waals surface area contributed by atoms with E-state index in [0.29, 0.717) is 19.5 Å². The fourth-order valence-electron chi connectivity index (χ4n) is 3.17. The van der Waals surface area contributed by atoms with Crippen molar-refractivity contribution in [1.82, 2.24) is 10.2 Å². The molecular weight excluding hydrogens is 392 g/mol. The zero-order chi connectivity index (χ0) is 21.7. The highest BCUT2D eigenvalue weighted by atomic mass is 16.7. The smallest absolute Gasteiger partial charge is 0.350 e. The molecule has 1 amide bonds. The molecule has 2 saturated heterocycles. The van der Waals surface area contributed by atoms with E-state index >= 15 is 0 Å². The van der Waals surface area contributed by atoms with Crippen LogP contribution in [0.25, 0.3) is 0 Å². The Hall–Kier alpha value is -3.36. The van der Waals surface area contributed by atoms with E-state index in [1.165, 1.54) is 24.9 Å². The van der Waals surface area contributed by atoms with E-state index in [0.717, 1.165) is 5.56 Å². The minimum Gasteiger partial charge on any atom is -0.465 e. The maximum Gasteiger partial charge on any atom is 0.350 e. The minimum absolute atomic E-state index is 0.187. The van der Waals surface area contributed by atoms with E-state index in [2.05, 4.69) is 5.32 Å². The van der Waals surface area contributed by atoms with Crippen molar-refractivity contribution < 1.29 is 33.4 Å². The van der Waals surface area contributed by atoms with Gasteiger partial charge in [-0.2, -0.15) is 0 Å². The maximum atomic E-state index is 12.3. The number of nitrogens with one attached hydrogen (secondary N) is 1. The molecule has 1 atom stereocenters. The standard InChI is InChI=1S/C21H24N2O7/c1-21(2)29-19(26)15(20(27)30-21)13-23-10-9-22-18(25)16(23)12-17(24)28-11-8-14-6-4-3-5-7-14/h3-7,13,16H,8-12H2,1-2H3,(H,22,25). The Balaban J connectivity index is 1.63. The number of rotatable bonds is 6. The highest BCUT2D eigenvalue weighted by Crippen LogP contribution is 2.24. The Labute approximate surface area is 174 Å². The number of amides is 1. The quantitative estimate of drug-likeness (QED) is 0.410. The minimum atomic E-state index is -1.35. The van der Waals surface area contributed by atoms with Crippen molar-refractivity contribution in [2.75, 3.05) is 19.7 Å². The van der Waals surface area contributed by atoms with Crippen LogP contribution in [0, 0.1) is 0 Å². The van der Waals surface area contributed by atoms with Gasteiger partial charge in [0.2, 0.25) is 5.91 Å². The molecule has 3 rings (SSSR count). The van der Waals surface area contributed by atoms with Crippen molar-refractivity contribution in [3.05, 3.63) is 47.7 Å². The fourth-order valence-corrected chi connectivity index (χ4v) is 3.17. The van der Waals surface area contributed by atoms with Crippen LogP contribution in [0.4, 0.5) is 0 Å². The van der Waals surface area contributed by atoms with Crippen molar-refractivity contribution in [2.24, 2.45) is 0 Å². The second-order valence-corrected chi connectivity index (χ2v) is 7.43. The summed E-state index contributed by atoms with van der Waals surface area (Å²) in [6, 6.07) is 8.65. The third kappa shape index (κ3) is 5.37. The van der Waals surface area contributed by atoms with Gasteiger partial charge < -0.3 is 24.4 Å². The number of ether oxygens (including phenoxy) is 3. The molecule has 0 aromatic heterocycles. The van der Waals surface area contributed by atoms with E-state index < -0.39 is 35.6 Å². The Kier molecular flexibility index (Phi) is 6.39. The summed E-state index contributed by atoms with van der Waals surface area (Å²) in [6.45, 7) is 3.69. The van der Waals surface area contributed by atoms with Crippen molar-refractivity contribution in [3.8, 4) is 0 Å². The van der Waals surface area contributed by atoms with Gasteiger partial charge in [-0.25, -0.2) is 9.59 Å². The zero-order valence-corrected chi connectivity index (χ0v) is 16.9. The van der Waals surface area contributed by atoms with Crippen LogP contribution >= 0.6 is 0 Å². The average Bonchev–Trinajstić information content (AvgIpc) is 2.67. The van der Waals surface area contributed by atoms with Gasteiger partial charge in [0.25, 0.3) is 5.79 Å². The Bertz CT molecular complexity index is 841. The van der Waals surface area contributed by atoms with Gasteiger partial charge in [0.15, 0.2) is 5.57 Å². The first-order chi connectivity index (χ1) is 14.2. The number of nitrogens with zero attached hydrogens (tertiary/aromatic N) is 1. The third-order valence-corrected chi connectivity index (χ3v) is 4.64. The van der Waals surface area contributed by atoms with Gasteiger partial charge in [-0.1, -0.05) is 30.3 Å². The summed E-state index contributed by atoms with van der Waals surface area (Å²) < 4.78 is 15.4. The normalized spacial score (nSPS) is 20.7. The lowest BCUT2D eigenvalue weighted by Gasteiger charge is -2.35. The molecule has 0 bridgehead atoms. The molecule has 2 aliphatic rings. The van der Waals surface area contributed by atoms with Crippen LogP contribution in [0.2, 0.25) is 0 Å². The van der Waals surface area contributed by atoms with Crippen LogP contribution in [0.1, 0.15) is 25.8 Å². The molecule has 1 N–H and O–H groups in total. The molecule has 0 radical (unpaired) electrons. The molecule has 2 heterocycles. The fraction of sp³-hybridized carbons (Fsp3) is 0.429. The van der Waals surface area contributed by atoms with Crippen LogP contribution in [0.3, 0.4) is 0 Å². The Morgan fingerprint density at radius 2 is 1.87 bits per heavy atom. The van der Waals surface area contributed by atoms with Crippen LogP contribution in [0.5, 0.6) is 0 Å². The molecule has 9 nitrogen and oxygen atoms in total. The predicted octanol–water partition coefficient (Wildman–Crippen LogP) is 0.683. The number of carbonyl (C=O) groups excluding carboxylic acids is 4. The van der Waals surface area contributed by atoms with Crippen LogP contribution in [-0.2, 0) is 39.8 Å². The molecule has 2 aliphatic heterocycles. The molecule has 2 fully saturated rings. The molecule has 30 heavy (non-hydrogen) atoms. The molecule has 1 aromatic rings. The molecule has 1 unspecified atom stereocenters. The van der Waals surface area contributed by atoms with E-state index in [1.807, 2.05) is 30.3 Å². The lowest BCUT2D eigenvalue weighted by Crippen LogP contribution is -2.54. The number of carbonyl (C=O) groups is 4. The average molecular weight is 416 g/mol. The third-order valence-electron chi connectivity index (χ3n) is 4.64. The molecule has 0 aliphatic carbocycles. The number of hydrogen-bond donors (Lipinski definition) is 1. The van der Waals surface area contributed by atoms with E-state index in [-0.39, 0.29) is 18.6 Å². The molecule has 1 aromatic carbocycles. The van der Waals surface area contributed by atoms with Crippen molar-refractivity contribution in [2.45, 2.75) is 38.5 Å². The number of benzene rings is 1. The van der Waals surface area contributed by atoms with E-state index in [1.54, 1.807) is 0 Å². The second kappa shape index (κ2) is 8.98. The SMILES string of the molecule is CC1(C)OC(=O)C(=CN2CCNC(=O)C2CC(=O)OCCc2ccccc2)C(=O)O1. The number of piperazine rings is 1. The lowest BCUT2D eigenvalue weighted by atomic mass is 10.1. The monoisotopic (exact) mass is 416 g/mol. The summed E-state index contributed by atoms with van der Waals surface area (Å²) in [5, 5.41) is 2.67. The molecule has 9 heteroatoms. The Morgan fingerprint density at radius 1 is 1.20 bits per heavy atom. The van der Waals surface area contributed by atoms with E-state index in [9.17, 15) is 19.2 Å². The molecule has 0 spiro atoms.